The molecule has 0 aromatic heterocycles. The number of hydrogen-bond donors (Lipinski definition) is 1. The molecule has 0 aliphatic carbocycles. The van der Waals surface area contributed by atoms with E-state index in [2.05, 4.69) is 42.3 Å². The largest absolute Gasteiger partial charge is 0.497 e. The number of carbonyl (C=O) groups excluding carboxylic acids is 1. The van der Waals surface area contributed by atoms with E-state index in [1.54, 1.807) is 7.11 Å². The summed E-state index contributed by atoms with van der Waals surface area (Å²) in [5, 5.41) is 3.10. The van der Waals surface area contributed by atoms with Gasteiger partial charge in [-0.05, 0) is 80.7 Å². The van der Waals surface area contributed by atoms with Gasteiger partial charge in [-0.15, -0.1) is 0 Å². The van der Waals surface area contributed by atoms with Gasteiger partial charge in [0.2, 0.25) is 5.91 Å². The van der Waals surface area contributed by atoms with Gasteiger partial charge in [-0.25, -0.2) is 0 Å². The molecule has 2 aromatic rings. The van der Waals surface area contributed by atoms with Crippen molar-refractivity contribution in [2.75, 3.05) is 25.5 Å². The molecule has 26 heavy (non-hydrogen) atoms. The summed E-state index contributed by atoms with van der Waals surface area (Å²) in [5.74, 6) is 1.14. The molecule has 1 heterocycles. The standard InChI is InChI=1S/C22H28N2O2/c1-16-11-17(2)13-20(12-16)23-22(25)19-7-9-24(10-8-19)15-18-5-4-6-21(14-18)26-3/h4-6,11-14,19H,7-10,15H2,1-3H3,(H,23,25). The van der Waals surface area contributed by atoms with Gasteiger partial charge in [0.1, 0.15) is 5.75 Å². The van der Waals surface area contributed by atoms with Crippen molar-refractivity contribution >= 4 is 11.6 Å². The van der Waals surface area contributed by atoms with Crippen molar-refractivity contribution in [3.05, 3.63) is 59.2 Å². The van der Waals surface area contributed by atoms with Crippen molar-refractivity contribution in [3.63, 3.8) is 0 Å². The SMILES string of the molecule is COc1cccc(CN2CCC(C(=O)Nc3cc(C)cc(C)c3)CC2)c1. The van der Waals surface area contributed by atoms with Crippen LogP contribution in [-0.4, -0.2) is 31.0 Å². The van der Waals surface area contributed by atoms with Gasteiger partial charge in [0, 0.05) is 18.2 Å². The van der Waals surface area contributed by atoms with E-state index in [0.29, 0.717) is 0 Å². The highest BCUT2D eigenvalue weighted by molar-refractivity contribution is 5.92. The lowest BCUT2D eigenvalue weighted by Gasteiger charge is -2.31. The maximum Gasteiger partial charge on any atom is 0.227 e. The summed E-state index contributed by atoms with van der Waals surface area (Å²) in [6.45, 7) is 6.91. The molecule has 1 fully saturated rings. The number of anilines is 1. The van der Waals surface area contributed by atoms with Crippen LogP contribution in [0.15, 0.2) is 42.5 Å². The van der Waals surface area contributed by atoms with Gasteiger partial charge in [-0.1, -0.05) is 18.2 Å². The lowest BCUT2D eigenvalue weighted by molar-refractivity contribution is -0.121. The molecule has 0 atom stereocenters. The van der Waals surface area contributed by atoms with E-state index in [1.165, 1.54) is 16.7 Å². The van der Waals surface area contributed by atoms with E-state index in [0.717, 1.165) is 43.9 Å². The number of carbonyl (C=O) groups is 1. The maximum atomic E-state index is 12.6. The van der Waals surface area contributed by atoms with E-state index in [1.807, 2.05) is 24.3 Å². The molecule has 2 aromatic carbocycles. The minimum absolute atomic E-state index is 0.0948. The Labute approximate surface area is 156 Å². The predicted molar refractivity (Wildman–Crippen MR) is 106 cm³/mol. The number of nitrogens with one attached hydrogen (secondary N) is 1. The third-order valence-electron chi connectivity index (χ3n) is 4.99. The van der Waals surface area contributed by atoms with Gasteiger partial charge in [-0.2, -0.15) is 0 Å². The zero-order chi connectivity index (χ0) is 18.5. The van der Waals surface area contributed by atoms with Crippen LogP contribution in [0.1, 0.15) is 29.5 Å². The average Bonchev–Trinajstić information content (AvgIpc) is 2.61. The first-order chi connectivity index (χ1) is 12.5. The van der Waals surface area contributed by atoms with Crippen LogP contribution in [0.25, 0.3) is 0 Å². The number of piperidine rings is 1. The molecule has 0 saturated carbocycles. The minimum Gasteiger partial charge on any atom is -0.497 e. The summed E-state index contributed by atoms with van der Waals surface area (Å²) < 4.78 is 5.29. The number of methoxy groups -OCH3 is 1. The summed E-state index contributed by atoms with van der Waals surface area (Å²) in [5.41, 5.74) is 4.51. The number of ether oxygens (including phenoxy) is 1. The quantitative estimate of drug-likeness (QED) is 0.878. The van der Waals surface area contributed by atoms with Crippen molar-refractivity contribution in [3.8, 4) is 5.75 Å². The first-order valence-corrected chi connectivity index (χ1v) is 9.28. The number of aryl methyl sites for hydroxylation is 2. The minimum atomic E-state index is 0.0948. The van der Waals surface area contributed by atoms with Crippen molar-refractivity contribution < 1.29 is 9.53 Å². The van der Waals surface area contributed by atoms with Crippen molar-refractivity contribution in [2.24, 2.45) is 5.92 Å². The van der Waals surface area contributed by atoms with Gasteiger partial charge in [0.25, 0.3) is 0 Å². The maximum absolute atomic E-state index is 12.6. The fourth-order valence-corrected chi connectivity index (χ4v) is 3.67. The number of amides is 1. The molecule has 1 aliphatic heterocycles. The first-order valence-electron chi connectivity index (χ1n) is 9.28. The lowest BCUT2D eigenvalue weighted by Crippen LogP contribution is -2.37. The highest BCUT2D eigenvalue weighted by Gasteiger charge is 2.25. The monoisotopic (exact) mass is 352 g/mol. The average molecular weight is 352 g/mol. The molecule has 0 bridgehead atoms. The second kappa shape index (κ2) is 8.37. The molecule has 1 aliphatic rings. The molecule has 4 heteroatoms. The Morgan fingerprint density at radius 3 is 2.46 bits per heavy atom. The van der Waals surface area contributed by atoms with Crippen LogP contribution in [0.3, 0.4) is 0 Å². The molecule has 1 saturated heterocycles. The van der Waals surface area contributed by atoms with Crippen LogP contribution in [-0.2, 0) is 11.3 Å². The highest BCUT2D eigenvalue weighted by Crippen LogP contribution is 2.23. The Kier molecular flexibility index (Phi) is 5.94. The highest BCUT2D eigenvalue weighted by atomic mass is 16.5. The third kappa shape index (κ3) is 4.85. The van der Waals surface area contributed by atoms with Crippen LogP contribution in [0.5, 0.6) is 5.75 Å². The fourth-order valence-electron chi connectivity index (χ4n) is 3.67. The Balaban J connectivity index is 1.52. The summed E-state index contributed by atoms with van der Waals surface area (Å²) >= 11 is 0. The topological polar surface area (TPSA) is 41.6 Å². The molecule has 1 amide bonds. The molecule has 4 nitrogen and oxygen atoms in total. The zero-order valence-electron chi connectivity index (χ0n) is 15.9. The lowest BCUT2D eigenvalue weighted by atomic mass is 9.95. The first kappa shape index (κ1) is 18.5. The van der Waals surface area contributed by atoms with Gasteiger partial charge in [0.15, 0.2) is 0 Å². The Hall–Kier alpha value is -2.33. The van der Waals surface area contributed by atoms with E-state index in [4.69, 9.17) is 4.74 Å². The summed E-state index contributed by atoms with van der Waals surface area (Å²) in [6, 6.07) is 14.4. The predicted octanol–water partition coefficient (Wildman–Crippen LogP) is 4.16. The molecule has 1 N–H and O–H groups in total. The molecule has 3 rings (SSSR count). The van der Waals surface area contributed by atoms with E-state index in [9.17, 15) is 4.79 Å². The van der Waals surface area contributed by atoms with Gasteiger partial charge in [0.05, 0.1) is 7.11 Å². The molecular weight excluding hydrogens is 324 g/mol. The summed E-state index contributed by atoms with van der Waals surface area (Å²) in [7, 11) is 1.69. The van der Waals surface area contributed by atoms with Crippen LogP contribution < -0.4 is 10.1 Å². The van der Waals surface area contributed by atoms with E-state index < -0.39 is 0 Å². The van der Waals surface area contributed by atoms with Crippen molar-refractivity contribution in [2.45, 2.75) is 33.2 Å². The van der Waals surface area contributed by atoms with Crippen molar-refractivity contribution in [1.29, 1.82) is 0 Å². The molecule has 0 unspecified atom stereocenters. The van der Waals surface area contributed by atoms with Crippen LogP contribution >= 0.6 is 0 Å². The van der Waals surface area contributed by atoms with Crippen LogP contribution in [0, 0.1) is 19.8 Å². The van der Waals surface area contributed by atoms with E-state index >= 15 is 0 Å². The Morgan fingerprint density at radius 1 is 1.12 bits per heavy atom. The fraction of sp³-hybridized carbons (Fsp3) is 0.409. The number of benzene rings is 2. The van der Waals surface area contributed by atoms with E-state index in [-0.39, 0.29) is 11.8 Å². The van der Waals surface area contributed by atoms with Gasteiger partial charge in [-0.3, -0.25) is 9.69 Å². The third-order valence-corrected chi connectivity index (χ3v) is 4.99. The Morgan fingerprint density at radius 2 is 1.81 bits per heavy atom. The second-order valence-electron chi connectivity index (χ2n) is 7.27. The van der Waals surface area contributed by atoms with Gasteiger partial charge < -0.3 is 10.1 Å². The smallest absolute Gasteiger partial charge is 0.227 e. The zero-order valence-corrected chi connectivity index (χ0v) is 15.9. The number of hydrogen-bond acceptors (Lipinski definition) is 3. The van der Waals surface area contributed by atoms with Crippen LogP contribution in [0.2, 0.25) is 0 Å². The molecule has 0 radical (unpaired) electrons. The number of rotatable bonds is 5. The molecule has 0 spiro atoms. The van der Waals surface area contributed by atoms with Crippen LogP contribution in [0.4, 0.5) is 5.69 Å². The van der Waals surface area contributed by atoms with Crippen molar-refractivity contribution in [1.82, 2.24) is 4.90 Å². The summed E-state index contributed by atoms with van der Waals surface area (Å²) in [4.78, 5) is 15.0. The Bertz CT molecular complexity index is 744. The summed E-state index contributed by atoms with van der Waals surface area (Å²) in [6.07, 6.45) is 1.81. The second-order valence-corrected chi connectivity index (χ2v) is 7.27. The normalized spacial score (nSPS) is 15.7. The number of nitrogens with zero attached hydrogens (tertiary/aromatic N) is 1. The molecule has 138 valence electrons. The van der Waals surface area contributed by atoms with Gasteiger partial charge >= 0.3 is 0 Å². The molecular formula is C22H28N2O2. The number of likely N-dealkylation sites (tertiary alicyclic amines) is 1.